The third kappa shape index (κ3) is 4.69. The minimum atomic E-state index is -0.749. The molecule has 0 unspecified atom stereocenters. The molecule has 0 aliphatic heterocycles. The Labute approximate surface area is 144 Å². The number of amides is 2. The minimum Gasteiger partial charge on any atom is -0.493 e. The summed E-state index contributed by atoms with van der Waals surface area (Å²) in [5.74, 6) is -1.06. The fourth-order valence-corrected chi connectivity index (χ4v) is 2.04. The molecule has 0 heterocycles. The lowest BCUT2D eigenvalue weighted by molar-refractivity contribution is 0.0844. The molecule has 2 rings (SSSR count). The van der Waals surface area contributed by atoms with Crippen molar-refractivity contribution >= 4 is 11.8 Å². The lowest BCUT2D eigenvalue weighted by Crippen LogP contribution is -2.41. The van der Waals surface area contributed by atoms with Crippen molar-refractivity contribution in [3.63, 3.8) is 0 Å². The van der Waals surface area contributed by atoms with Crippen molar-refractivity contribution < 1.29 is 23.5 Å². The van der Waals surface area contributed by atoms with Crippen LogP contribution in [0.1, 0.15) is 34.1 Å². The number of methoxy groups -OCH3 is 1. The van der Waals surface area contributed by atoms with E-state index in [1.54, 1.807) is 6.07 Å². The quantitative estimate of drug-likeness (QED) is 0.789. The zero-order valence-electron chi connectivity index (χ0n) is 14.0. The molecule has 0 spiro atoms. The first-order chi connectivity index (χ1) is 12.1. The molecule has 0 saturated carbocycles. The van der Waals surface area contributed by atoms with E-state index in [1.165, 1.54) is 37.4 Å². The molecule has 0 aliphatic carbocycles. The lowest BCUT2D eigenvalue weighted by atomic mass is 10.2. The maximum absolute atomic E-state index is 13.5. The van der Waals surface area contributed by atoms with Gasteiger partial charge in [-0.3, -0.25) is 20.4 Å². The molecule has 0 saturated heterocycles. The highest BCUT2D eigenvalue weighted by atomic mass is 19.1. The summed E-state index contributed by atoms with van der Waals surface area (Å²) < 4.78 is 24.2. The lowest BCUT2D eigenvalue weighted by Gasteiger charge is -2.12. The van der Waals surface area contributed by atoms with E-state index < -0.39 is 17.6 Å². The third-order valence-electron chi connectivity index (χ3n) is 3.30. The molecule has 132 valence electrons. The first-order valence-electron chi connectivity index (χ1n) is 7.72. The van der Waals surface area contributed by atoms with E-state index in [2.05, 4.69) is 10.9 Å². The van der Waals surface area contributed by atoms with Crippen LogP contribution in [0.25, 0.3) is 0 Å². The Hall–Kier alpha value is -3.09. The molecule has 7 heteroatoms. The number of benzene rings is 2. The van der Waals surface area contributed by atoms with Gasteiger partial charge in [-0.1, -0.05) is 19.1 Å². The normalized spacial score (nSPS) is 10.0. The van der Waals surface area contributed by atoms with E-state index in [0.717, 1.165) is 12.5 Å². The van der Waals surface area contributed by atoms with E-state index in [0.29, 0.717) is 18.1 Å². The summed E-state index contributed by atoms with van der Waals surface area (Å²) in [6.45, 7) is 2.51. The fraction of sp³-hybridized carbons (Fsp3) is 0.222. The van der Waals surface area contributed by atoms with Crippen LogP contribution in [0.4, 0.5) is 4.39 Å². The second kappa shape index (κ2) is 8.68. The summed E-state index contributed by atoms with van der Waals surface area (Å²) in [4.78, 5) is 24.0. The van der Waals surface area contributed by atoms with Crippen LogP contribution in [-0.2, 0) is 0 Å². The molecule has 0 fully saturated rings. The number of halogens is 1. The van der Waals surface area contributed by atoms with Crippen LogP contribution in [0.15, 0.2) is 42.5 Å². The molecule has 0 bridgehead atoms. The first-order valence-corrected chi connectivity index (χ1v) is 7.72. The molecule has 6 nitrogen and oxygen atoms in total. The Morgan fingerprint density at radius 1 is 1.04 bits per heavy atom. The molecule has 0 atom stereocenters. The number of hydrogen-bond acceptors (Lipinski definition) is 4. The number of carbonyl (C=O) groups is 2. The molecule has 0 aliphatic rings. The maximum atomic E-state index is 13.5. The zero-order valence-corrected chi connectivity index (χ0v) is 14.0. The molecule has 25 heavy (non-hydrogen) atoms. The molecule has 2 amide bonds. The highest BCUT2D eigenvalue weighted by Gasteiger charge is 2.14. The standard InChI is InChI=1S/C18H19FN2O4/c1-3-10-25-15-9-8-12(11-16(15)24-2)17(22)20-21-18(23)13-6-4-5-7-14(13)19/h4-9,11H,3,10H2,1-2H3,(H,20,22)(H,21,23). The SMILES string of the molecule is CCCOc1ccc(C(=O)NNC(=O)c2ccccc2F)cc1OC. The maximum Gasteiger partial charge on any atom is 0.272 e. The molecule has 2 aromatic carbocycles. The predicted molar refractivity (Wildman–Crippen MR) is 90.1 cm³/mol. The number of hydrazine groups is 1. The number of rotatable bonds is 6. The Morgan fingerprint density at radius 3 is 2.44 bits per heavy atom. The van der Waals surface area contributed by atoms with E-state index >= 15 is 0 Å². The van der Waals surface area contributed by atoms with Gasteiger partial charge in [-0.05, 0) is 36.8 Å². The summed E-state index contributed by atoms with van der Waals surface area (Å²) >= 11 is 0. The second-order valence-corrected chi connectivity index (χ2v) is 5.10. The molecular formula is C18H19FN2O4. The van der Waals surface area contributed by atoms with Crippen LogP contribution in [0.5, 0.6) is 11.5 Å². The molecule has 0 radical (unpaired) electrons. The van der Waals surface area contributed by atoms with Crippen LogP contribution in [0, 0.1) is 5.82 Å². The van der Waals surface area contributed by atoms with Gasteiger partial charge in [0, 0.05) is 5.56 Å². The van der Waals surface area contributed by atoms with E-state index in [-0.39, 0.29) is 11.1 Å². The Kier molecular flexibility index (Phi) is 6.33. The third-order valence-corrected chi connectivity index (χ3v) is 3.30. The van der Waals surface area contributed by atoms with Crippen LogP contribution in [0.2, 0.25) is 0 Å². The van der Waals surface area contributed by atoms with Gasteiger partial charge in [-0.25, -0.2) is 4.39 Å². The van der Waals surface area contributed by atoms with Crippen molar-refractivity contribution in [1.82, 2.24) is 10.9 Å². The van der Waals surface area contributed by atoms with Crippen molar-refractivity contribution in [1.29, 1.82) is 0 Å². The average molecular weight is 346 g/mol. The van der Waals surface area contributed by atoms with Crippen molar-refractivity contribution in [3.8, 4) is 11.5 Å². The summed E-state index contributed by atoms with van der Waals surface area (Å²) in [6.07, 6.45) is 0.841. The number of ether oxygens (including phenoxy) is 2. The summed E-state index contributed by atoms with van der Waals surface area (Å²) in [7, 11) is 1.47. The second-order valence-electron chi connectivity index (χ2n) is 5.10. The monoisotopic (exact) mass is 346 g/mol. The van der Waals surface area contributed by atoms with Crippen molar-refractivity contribution in [2.75, 3.05) is 13.7 Å². The van der Waals surface area contributed by atoms with Gasteiger partial charge in [-0.15, -0.1) is 0 Å². The van der Waals surface area contributed by atoms with Gasteiger partial charge in [0.25, 0.3) is 11.8 Å². The van der Waals surface area contributed by atoms with Crippen LogP contribution in [0.3, 0.4) is 0 Å². The molecule has 2 aromatic rings. The van der Waals surface area contributed by atoms with Crippen molar-refractivity contribution in [2.24, 2.45) is 0 Å². The number of hydrogen-bond donors (Lipinski definition) is 2. The fourth-order valence-electron chi connectivity index (χ4n) is 2.04. The van der Waals surface area contributed by atoms with Crippen LogP contribution >= 0.6 is 0 Å². The average Bonchev–Trinajstić information content (AvgIpc) is 2.64. The van der Waals surface area contributed by atoms with Crippen LogP contribution in [-0.4, -0.2) is 25.5 Å². The summed E-state index contributed by atoms with van der Waals surface area (Å²) in [6, 6.07) is 10.1. The molecular weight excluding hydrogens is 327 g/mol. The summed E-state index contributed by atoms with van der Waals surface area (Å²) in [5, 5.41) is 0. The summed E-state index contributed by atoms with van der Waals surface area (Å²) in [5.41, 5.74) is 4.51. The van der Waals surface area contributed by atoms with Gasteiger partial charge in [-0.2, -0.15) is 0 Å². The van der Waals surface area contributed by atoms with Gasteiger partial charge in [0.1, 0.15) is 5.82 Å². The topological polar surface area (TPSA) is 76.7 Å². The van der Waals surface area contributed by atoms with Crippen molar-refractivity contribution in [3.05, 3.63) is 59.4 Å². The Bertz CT molecular complexity index is 764. The molecule has 0 aromatic heterocycles. The van der Waals surface area contributed by atoms with Crippen molar-refractivity contribution in [2.45, 2.75) is 13.3 Å². The van der Waals surface area contributed by atoms with Gasteiger partial charge >= 0.3 is 0 Å². The highest BCUT2D eigenvalue weighted by Crippen LogP contribution is 2.28. The smallest absolute Gasteiger partial charge is 0.272 e. The minimum absolute atomic E-state index is 0.163. The predicted octanol–water partition coefficient (Wildman–Crippen LogP) is 2.70. The Balaban J connectivity index is 2.03. The van der Waals surface area contributed by atoms with Gasteiger partial charge in [0.2, 0.25) is 0 Å². The van der Waals surface area contributed by atoms with E-state index in [4.69, 9.17) is 9.47 Å². The molecule has 2 N–H and O–H groups in total. The Morgan fingerprint density at radius 2 is 1.76 bits per heavy atom. The number of nitrogens with one attached hydrogen (secondary N) is 2. The number of carbonyl (C=O) groups excluding carboxylic acids is 2. The largest absolute Gasteiger partial charge is 0.493 e. The van der Waals surface area contributed by atoms with E-state index in [9.17, 15) is 14.0 Å². The van der Waals surface area contributed by atoms with Gasteiger partial charge in [0.05, 0.1) is 19.3 Å². The van der Waals surface area contributed by atoms with Crippen LogP contribution < -0.4 is 20.3 Å². The van der Waals surface area contributed by atoms with Gasteiger partial charge < -0.3 is 9.47 Å². The van der Waals surface area contributed by atoms with Gasteiger partial charge in [0.15, 0.2) is 11.5 Å². The van der Waals surface area contributed by atoms with E-state index in [1.807, 2.05) is 6.92 Å². The highest BCUT2D eigenvalue weighted by molar-refractivity contribution is 5.99. The first kappa shape index (κ1) is 18.3. The zero-order chi connectivity index (χ0) is 18.2.